The predicted molar refractivity (Wildman–Crippen MR) is 115 cm³/mol. The third kappa shape index (κ3) is 15.6. The number of aldehydes is 1. The molecule has 0 radical (unpaired) electrons. The second kappa shape index (κ2) is 20.8. The van der Waals surface area contributed by atoms with Gasteiger partial charge in [-0.2, -0.15) is 0 Å². The molecule has 29 heavy (non-hydrogen) atoms. The standard InChI is InChI=1S/C8H13NO3.C7H13NO2.C2H4O.2C2H6/c1-6(10)9-5-3-2-4-7(9)8(11)12;1-8-4-2-3-6(5-8)7(9)10;1-2-3;2*1-2/h7H,2-5H2,1H3,(H,11,12);6H,2-5H2,1H3,(H,9,10);2H,1H3;2*1-2H3. The first-order valence-corrected chi connectivity index (χ1v) is 10.6. The average molecular weight is 419 g/mol. The highest BCUT2D eigenvalue weighted by molar-refractivity contribution is 5.82. The zero-order chi connectivity index (χ0) is 23.4. The van der Waals surface area contributed by atoms with Gasteiger partial charge >= 0.3 is 11.9 Å². The van der Waals surface area contributed by atoms with E-state index in [1.165, 1.54) is 18.7 Å². The van der Waals surface area contributed by atoms with Crippen LogP contribution in [0.25, 0.3) is 0 Å². The van der Waals surface area contributed by atoms with Crippen molar-refractivity contribution in [3.8, 4) is 0 Å². The minimum atomic E-state index is -0.884. The Morgan fingerprint density at radius 3 is 1.72 bits per heavy atom. The van der Waals surface area contributed by atoms with Crippen LogP contribution in [0.15, 0.2) is 0 Å². The summed E-state index contributed by atoms with van der Waals surface area (Å²) in [5.41, 5.74) is 0. The summed E-state index contributed by atoms with van der Waals surface area (Å²) >= 11 is 0. The zero-order valence-electron chi connectivity index (χ0n) is 19.3. The molecule has 0 spiro atoms. The fourth-order valence-corrected chi connectivity index (χ4v) is 2.93. The van der Waals surface area contributed by atoms with E-state index in [4.69, 9.17) is 15.0 Å². The van der Waals surface area contributed by atoms with Gasteiger partial charge in [0, 0.05) is 20.0 Å². The first-order valence-electron chi connectivity index (χ1n) is 10.6. The van der Waals surface area contributed by atoms with E-state index in [2.05, 4.69) is 4.90 Å². The molecule has 8 nitrogen and oxygen atoms in total. The van der Waals surface area contributed by atoms with Crippen molar-refractivity contribution in [3.63, 3.8) is 0 Å². The van der Waals surface area contributed by atoms with Gasteiger partial charge < -0.3 is 24.8 Å². The molecule has 2 heterocycles. The van der Waals surface area contributed by atoms with E-state index < -0.39 is 18.0 Å². The third-order valence-corrected chi connectivity index (χ3v) is 4.17. The number of hydrogen-bond donors (Lipinski definition) is 2. The number of amides is 1. The molecule has 2 unspecified atom stereocenters. The molecule has 0 bridgehead atoms. The van der Waals surface area contributed by atoms with Crippen molar-refractivity contribution < 1.29 is 29.4 Å². The Balaban J connectivity index is -0.000000360. The average Bonchev–Trinajstić information content (AvgIpc) is 2.72. The van der Waals surface area contributed by atoms with E-state index in [0.29, 0.717) is 13.0 Å². The van der Waals surface area contributed by atoms with E-state index in [1.807, 2.05) is 34.7 Å². The number of aliphatic carboxylic acids is 2. The Hall–Kier alpha value is -1.96. The number of carbonyl (C=O) groups excluding carboxylic acids is 2. The summed E-state index contributed by atoms with van der Waals surface area (Å²) in [6.45, 7) is 13.2. The maximum absolute atomic E-state index is 11.0. The van der Waals surface area contributed by atoms with E-state index in [-0.39, 0.29) is 11.8 Å². The van der Waals surface area contributed by atoms with Crippen LogP contribution < -0.4 is 0 Å². The minimum absolute atomic E-state index is 0.126. The van der Waals surface area contributed by atoms with Crippen LogP contribution in [-0.2, 0) is 19.2 Å². The molecule has 2 atom stereocenters. The van der Waals surface area contributed by atoms with Gasteiger partial charge in [-0.25, -0.2) is 4.79 Å². The van der Waals surface area contributed by atoms with E-state index in [0.717, 1.165) is 45.1 Å². The summed E-state index contributed by atoms with van der Waals surface area (Å²) in [6.07, 6.45) is 5.03. The smallest absolute Gasteiger partial charge is 0.326 e. The lowest BCUT2D eigenvalue weighted by atomic mass is 9.99. The Labute approximate surface area is 176 Å². The first-order chi connectivity index (χ1) is 13.7. The molecule has 8 heteroatoms. The van der Waals surface area contributed by atoms with Gasteiger partial charge in [-0.15, -0.1) is 0 Å². The summed E-state index contributed by atoms with van der Waals surface area (Å²) in [7, 11) is 1.97. The normalized spacial score (nSPS) is 20.4. The van der Waals surface area contributed by atoms with Crippen molar-refractivity contribution in [1.82, 2.24) is 9.80 Å². The Bertz CT molecular complexity index is 434. The number of hydrogen-bond acceptors (Lipinski definition) is 5. The number of piperidine rings is 2. The van der Waals surface area contributed by atoms with Crippen molar-refractivity contribution in [2.75, 3.05) is 26.7 Å². The topological polar surface area (TPSA) is 115 Å². The van der Waals surface area contributed by atoms with Crippen molar-refractivity contribution in [1.29, 1.82) is 0 Å². The van der Waals surface area contributed by atoms with Crippen LogP contribution >= 0.6 is 0 Å². The molecule has 2 aliphatic rings. The van der Waals surface area contributed by atoms with Crippen LogP contribution in [0, 0.1) is 5.92 Å². The predicted octanol–water partition coefficient (Wildman–Crippen LogP) is 3.14. The number of likely N-dealkylation sites (tertiary alicyclic amines) is 2. The quantitative estimate of drug-likeness (QED) is 0.662. The number of carbonyl (C=O) groups is 4. The van der Waals surface area contributed by atoms with Crippen LogP contribution in [0.2, 0.25) is 0 Å². The highest BCUT2D eigenvalue weighted by Crippen LogP contribution is 2.17. The van der Waals surface area contributed by atoms with Crippen LogP contribution in [-0.4, -0.2) is 76.9 Å². The molecule has 0 aromatic heterocycles. The summed E-state index contributed by atoms with van der Waals surface area (Å²) in [5, 5.41) is 17.4. The molecular weight excluding hydrogens is 376 g/mol. The van der Waals surface area contributed by atoms with Gasteiger partial charge in [0.25, 0.3) is 0 Å². The number of nitrogens with zero attached hydrogens (tertiary/aromatic N) is 2. The van der Waals surface area contributed by atoms with Gasteiger partial charge in [-0.3, -0.25) is 9.59 Å². The van der Waals surface area contributed by atoms with Gasteiger partial charge in [0.15, 0.2) is 0 Å². The number of carboxylic acids is 2. The van der Waals surface area contributed by atoms with Crippen molar-refractivity contribution in [2.45, 2.75) is 79.7 Å². The zero-order valence-corrected chi connectivity index (χ0v) is 19.3. The Morgan fingerprint density at radius 1 is 0.897 bits per heavy atom. The largest absolute Gasteiger partial charge is 0.481 e. The first kappa shape index (κ1) is 31.7. The number of rotatable bonds is 2. The maximum Gasteiger partial charge on any atom is 0.326 e. The molecule has 2 saturated heterocycles. The Kier molecular flexibility index (Phi) is 22.7. The molecule has 2 rings (SSSR count). The lowest BCUT2D eigenvalue weighted by Gasteiger charge is -2.31. The van der Waals surface area contributed by atoms with Crippen LogP contribution in [0.4, 0.5) is 0 Å². The molecule has 172 valence electrons. The minimum Gasteiger partial charge on any atom is -0.481 e. The van der Waals surface area contributed by atoms with Crippen LogP contribution in [0.3, 0.4) is 0 Å². The van der Waals surface area contributed by atoms with E-state index >= 15 is 0 Å². The molecule has 1 amide bonds. The lowest BCUT2D eigenvalue weighted by molar-refractivity contribution is -0.151. The summed E-state index contributed by atoms with van der Waals surface area (Å²) in [5.74, 6) is -1.79. The Morgan fingerprint density at radius 2 is 1.41 bits per heavy atom. The summed E-state index contributed by atoms with van der Waals surface area (Å²) in [4.78, 5) is 44.4. The fourth-order valence-electron chi connectivity index (χ4n) is 2.93. The molecule has 2 aliphatic heterocycles. The monoisotopic (exact) mass is 418 g/mol. The van der Waals surface area contributed by atoms with Gasteiger partial charge in [0.1, 0.15) is 12.3 Å². The molecule has 2 fully saturated rings. The van der Waals surface area contributed by atoms with Gasteiger partial charge in [-0.1, -0.05) is 27.7 Å². The van der Waals surface area contributed by atoms with Gasteiger partial charge in [0.05, 0.1) is 5.92 Å². The van der Waals surface area contributed by atoms with E-state index in [9.17, 15) is 14.4 Å². The summed E-state index contributed by atoms with van der Waals surface area (Å²) in [6, 6.07) is -0.587. The fraction of sp³-hybridized carbons (Fsp3) is 0.810. The molecular formula is C21H42N2O6. The molecule has 2 N–H and O–H groups in total. The van der Waals surface area contributed by atoms with Gasteiger partial charge in [0.2, 0.25) is 5.91 Å². The summed E-state index contributed by atoms with van der Waals surface area (Å²) < 4.78 is 0. The van der Waals surface area contributed by atoms with Crippen molar-refractivity contribution in [3.05, 3.63) is 0 Å². The van der Waals surface area contributed by atoms with Crippen LogP contribution in [0.1, 0.15) is 73.6 Å². The lowest BCUT2D eigenvalue weighted by Crippen LogP contribution is -2.46. The van der Waals surface area contributed by atoms with Crippen molar-refractivity contribution >= 4 is 24.1 Å². The van der Waals surface area contributed by atoms with E-state index in [1.54, 1.807) is 0 Å². The molecule has 0 saturated carbocycles. The highest BCUT2D eigenvalue weighted by Gasteiger charge is 2.29. The second-order valence-electron chi connectivity index (χ2n) is 6.24. The maximum atomic E-state index is 11.0. The van der Waals surface area contributed by atoms with Gasteiger partial charge in [-0.05, 0) is 52.6 Å². The molecule has 0 aromatic carbocycles. The van der Waals surface area contributed by atoms with Crippen molar-refractivity contribution in [2.24, 2.45) is 5.92 Å². The number of carboxylic acid groups (broad SMARTS) is 2. The SMILES string of the molecule is CC.CC.CC(=O)N1CCCCC1C(=O)O.CC=O.CN1CCCC(C(=O)O)C1. The molecule has 0 aromatic rings. The highest BCUT2D eigenvalue weighted by atomic mass is 16.4. The molecule has 0 aliphatic carbocycles. The third-order valence-electron chi connectivity index (χ3n) is 4.17. The van der Waals surface area contributed by atoms with Crippen LogP contribution in [0.5, 0.6) is 0 Å². The second-order valence-corrected chi connectivity index (χ2v) is 6.24.